The number of nitrogens with one attached hydrogen (secondary N) is 1. The predicted octanol–water partition coefficient (Wildman–Crippen LogP) is 7.32. The van der Waals surface area contributed by atoms with E-state index in [0.717, 1.165) is 53.2 Å². The van der Waals surface area contributed by atoms with Gasteiger partial charge in [0.1, 0.15) is 11.6 Å². The lowest BCUT2D eigenvalue weighted by atomic mass is 9.78. The van der Waals surface area contributed by atoms with Crippen LogP contribution >= 0.6 is 0 Å². The van der Waals surface area contributed by atoms with Crippen LogP contribution in [0.3, 0.4) is 0 Å². The number of benzene rings is 3. The highest BCUT2D eigenvalue weighted by atomic mass is 19.1. The highest BCUT2D eigenvalue weighted by molar-refractivity contribution is 6.06. The summed E-state index contributed by atoms with van der Waals surface area (Å²) in [6, 6.07) is 21.2. The molecular weight excluding hydrogens is 479 g/mol. The Morgan fingerprint density at radius 3 is 2.39 bits per heavy atom. The maximum Gasteiger partial charge on any atom is 0.224 e. The van der Waals surface area contributed by atoms with E-state index < -0.39 is 6.04 Å². The number of ether oxygens (including phenoxy) is 1. The van der Waals surface area contributed by atoms with Crippen molar-refractivity contribution in [2.45, 2.75) is 57.9 Å². The molecule has 0 bridgehead atoms. The van der Waals surface area contributed by atoms with Gasteiger partial charge in [0, 0.05) is 24.6 Å². The highest BCUT2D eigenvalue weighted by Gasteiger charge is 2.40. The second kappa shape index (κ2) is 11.2. The molecule has 0 aromatic heterocycles. The molecule has 2 atom stereocenters. The summed E-state index contributed by atoms with van der Waals surface area (Å²) in [4.78, 5) is 28.8. The monoisotopic (exact) mass is 512 g/mol. The number of amides is 1. The maximum absolute atomic E-state index is 13.9. The number of anilines is 2. The fraction of sp³-hybridized carbons (Fsp3) is 0.312. The first-order valence-corrected chi connectivity index (χ1v) is 13.4. The minimum absolute atomic E-state index is 0.0166. The van der Waals surface area contributed by atoms with Crippen LogP contribution in [0.2, 0.25) is 0 Å². The van der Waals surface area contributed by atoms with E-state index in [1.807, 2.05) is 48.5 Å². The normalized spacial score (nSPS) is 18.8. The number of halogens is 1. The number of hydrogen-bond acceptors (Lipinski definition) is 4. The second-order valence-electron chi connectivity index (χ2n) is 10.0. The van der Waals surface area contributed by atoms with Crippen molar-refractivity contribution in [3.05, 3.63) is 101 Å². The van der Waals surface area contributed by atoms with E-state index in [-0.39, 0.29) is 23.4 Å². The SMILES string of the molecule is CCCCCOc1ccc([C@@H]2C3=C(C[C@H](c4ccc(F)cc4)CC3=O)Nc3ccccc3N2C(C)=O)cc1. The molecule has 0 fully saturated rings. The van der Waals surface area contributed by atoms with Crippen molar-refractivity contribution in [2.24, 2.45) is 0 Å². The smallest absolute Gasteiger partial charge is 0.224 e. The summed E-state index contributed by atoms with van der Waals surface area (Å²) in [5, 5.41) is 3.50. The molecular formula is C32H33FN2O3. The summed E-state index contributed by atoms with van der Waals surface area (Å²) in [7, 11) is 0. The van der Waals surface area contributed by atoms with E-state index >= 15 is 0 Å². The van der Waals surface area contributed by atoms with Gasteiger partial charge in [0.05, 0.1) is 24.0 Å². The van der Waals surface area contributed by atoms with E-state index in [9.17, 15) is 14.0 Å². The quantitative estimate of drug-likeness (QED) is 0.337. The number of para-hydroxylation sites is 2. The summed E-state index contributed by atoms with van der Waals surface area (Å²) in [6.45, 7) is 4.36. The first kappa shape index (κ1) is 25.7. The van der Waals surface area contributed by atoms with Crippen LogP contribution < -0.4 is 15.0 Å². The van der Waals surface area contributed by atoms with Crippen molar-refractivity contribution in [1.82, 2.24) is 0 Å². The lowest BCUT2D eigenvalue weighted by Crippen LogP contribution is -2.37. The van der Waals surface area contributed by atoms with Gasteiger partial charge in [0.2, 0.25) is 5.91 Å². The second-order valence-corrected chi connectivity index (χ2v) is 10.0. The number of fused-ring (bicyclic) bond motifs is 1. The number of allylic oxidation sites excluding steroid dienone is 1. The number of ketones is 1. The van der Waals surface area contributed by atoms with E-state index in [0.29, 0.717) is 25.0 Å². The van der Waals surface area contributed by atoms with Crippen molar-refractivity contribution in [3.63, 3.8) is 0 Å². The Bertz CT molecular complexity index is 1350. The first-order valence-electron chi connectivity index (χ1n) is 13.4. The molecule has 38 heavy (non-hydrogen) atoms. The van der Waals surface area contributed by atoms with Gasteiger partial charge in [0.25, 0.3) is 0 Å². The Labute approximate surface area is 223 Å². The standard InChI is InChI=1S/C32H33FN2O3/c1-3-4-7-18-38-26-16-12-23(13-17-26)32-31-28(34-27-8-5-6-9-29(27)35(32)21(2)36)19-24(20-30(31)37)22-10-14-25(33)15-11-22/h5-6,8-17,24,32,34H,3-4,7,18-20H2,1-2H3/t24-,32+/m0/s1. The van der Waals surface area contributed by atoms with E-state index in [2.05, 4.69) is 12.2 Å². The van der Waals surface area contributed by atoms with Gasteiger partial charge in [-0.15, -0.1) is 0 Å². The fourth-order valence-corrected chi connectivity index (χ4v) is 5.51. The van der Waals surface area contributed by atoms with Crippen molar-refractivity contribution in [2.75, 3.05) is 16.8 Å². The van der Waals surface area contributed by atoms with Crippen LogP contribution in [0.25, 0.3) is 0 Å². The molecule has 0 unspecified atom stereocenters. The molecule has 3 aromatic carbocycles. The lowest BCUT2D eigenvalue weighted by Gasteiger charge is -2.34. The molecule has 3 aromatic rings. The van der Waals surface area contributed by atoms with Crippen LogP contribution in [0.1, 0.15) is 69.0 Å². The van der Waals surface area contributed by atoms with Crippen molar-refractivity contribution in [1.29, 1.82) is 0 Å². The molecule has 196 valence electrons. The van der Waals surface area contributed by atoms with Crippen molar-refractivity contribution < 1.29 is 18.7 Å². The minimum atomic E-state index is -0.575. The first-order chi connectivity index (χ1) is 18.5. The van der Waals surface area contributed by atoms with Gasteiger partial charge < -0.3 is 10.1 Å². The third-order valence-electron chi connectivity index (χ3n) is 7.38. The molecule has 5 nitrogen and oxygen atoms in total. The molecule has 1 N–H and O–H groups in total. The molecule has 1 aliphatic carbocycles. The zero-order chi connectivity index (χ0) is 26.6. The van der Waals surface area contributed by atoms with Crippen LogP contribution in [-0.2, 0) is 9.59 Å². The van der Waals surface area contributed by atoms with E-state index in [1.54, 1.807) is 17.0 Å². The number of rotatable bonds is 7. The number of Topliss-reactive ketones (excluding diaryl/α,β-unsaturated/α-hetero) is 1. The number of carbonyl (C=O) groups is 2. The van der Waals surface area contributed by atoms with Crippen LogP contribution in [0.4, 0.5) is 15.8 Å². The third kappa shape index (κ3) is 5.21. The van der Waals surface area contributed by atoms with Crippen LogP contribution in [0.5, 0.6) is 5.75 Å². The molecule has 2 aliphatic rings. The predicted molar refractivity (Wildman–Crippen MR) is 148 cm³/mol. The number of nitrogens with zero attached hydrogens (tertiary/aromatic N) is 1. The zero-order valence-electron chi connectivity index (χ0n) is 21.9. The van der Waals surface area contributed by atoms with Crippen LogP contribution in [0, 0.1) is 5.82 Å². The van der Waals surface area contributed by atoms with E-state index in [4.69, 9.17) is 4.74 Å². The number of carbonyl (C=O) groups excluding carboxylic acids is 2. The summed E-state index contributed by atoms with van der Waals surface area (Å²) >= 11 is 0. The summed E-state index contributed by atoms with van der Waals surface area (Å²) in [5.74, 6) is 0.229. The molecule has 1 heterocycles. The summed E-state index contributed by atoms with van der Waals surface area (Å²) < 4.78 is 19.5. The highest BCUT2D eigenvalue weighted by Crippen LogP contribution is 2.47. The average molecular weight is 513 g/mol. The topological polar surface area (TPSA) is 58.6 Å². The Morgan fingerprint density at radius 1 is 0.974 bits per heavy atom. The Hall–Kier alpha value is -3.93. The molecule has 0 saturated heterocycles. The van der Waals surface area contributed by atoms with Gasteiger partial charge in [-0.05, 0) is 66.3 Å². The molecule has 0 spiro atoms. The van der Waals surface area contributed by atoms with E-state index in [1.165, 1.54) is 19.1 Å². The van der Waals surface area contributed by atoms with Crippen LogP contribution in [0.15, 0.2) is 84.1 Å². The van der Waals surface area contributed by atoms with Gasteiger partial charge in [-0.25, -0.2) is 4.39 Å². The summed E-state index contributed by atoms with van der Waals surface area (Å²) in [6.07, 6.45) is 4.14. The Balaban J connectivity index is 1.56. The minimum Gasteiger partial charge on any atom is -0.494 e. The van der Waals surface area contributed by atoms with Gasteiger partial charge in [-0.1, -0.05) is 56.2 Å². The molecule has 5 rings (SSSR count). The molecule has 0 saturated carbocycles. The Morgan fingerprint density at radius 2 is 1.68 bits per heavy atom. The largest absolute Gasteiger partial charge is 0.494 e. The van der Waals surface area contributed by atoms with Crippen LogP contribution in [-0.4, -0.2) is 18.3 Å². The van der Waals surface area contributed by atoms with Crippen molar-refractivity contribution in [3.8, 4) is 5.75 Å². The summed E-state index contributed by atoms with van der Waals surface area (Å²) in [5.41, 5.74) is 4.69. The number of unbranched alkanes of at least 4 members (excludes halogenated alkanes) is 2. The molecule has 1 amide bonds. The van der Waals surface area contributed by atoms with Gasteiger partial charge in [0.15, 0.2) is 5.78 Å². The van der Waals surface area contributed by atoms with Crippen molar-refractivity contribution >= 4 is 23.1 Å². The zero-order valence-corrected chi connectivity index (χ0v) is 21.9. The molecule has 6 heteroatoms. The average Bonchev–Trinajstić information content (AvgIpc) is 3.06. The van der Waals surface area contributed by atoms with Gasteiger partial charge in [-0.2, -0.15) is 0 Å². The molecule has 0 radical (unpaired) electrons. The fourth-order valence-electron chi connectivity index (χ4n) is 5.51. The Kier molecular flexibility index (Phi) is 7.59. The molecule has 1 aliphatic heterocycles. The number of hydrogen-bond donors (Lipinski definition) is 1. The third-order valence-corrected chi connectivity index (χ3v) is 7.38. The van der Waals surface area contributed by atoms with Gasteiger partial charge >= 0.3 is 0 Å². The lowest BCUT2D eigenvalue weighted by molar-refractivity contribution is -0.117. The maximum atomic E-state index is 13.9. The van der Waals surface area contributed by atoms with Gasteiger partial charge in [-0.3, -0.25) is 14.5 Å².